The van der Waals surface area contributed by atoms with E-state index in [1.165, 1.54) is 14.9 Å². The Morgan fingerprint density at radius 2 is 2.38 bits per heavy atom. The van der Waals surface area contributed by atoms with E-state index in [4.69, 9.17) is 0 Å². The second-order valence-electron chi connectivity index (χ2n) is 3.71. The topological polar surface area (TPSA) is 29.9 Å². The number of nitrogens with zero attached hydrogens (tertiary/aromatic N) is 2. The molecule has 0 aliphatic rings. The summed E-state index contributed by atoms with van der Waals surface area (Å²) in [5.41, 5.74) is 2.62. The molecule has 3 nitrogen and oxygen atoms in total. The summed E-state index contributed by atoms with van der Waals surface area (Å²) < 4.78 is 3.03. The van der Waals surface area contributed by atoms with Crippen molar-refractivity contribution in [3.63, 3.8) is 0 Å². The summed E-state index contributed by atoms with van der Waals surface area (Å²) in [6.45, 7) is 1.92. The molecule has 0 aliphatic carbocycles. The van der Waals surface area contributed by atoms with Crippen LogP contribution in [0.1, 0.15) is 11.1 Å². The number of thiophene rings is 1. The Labute approximate surface area is 108 Å². The largest absolute Gasteiger partial charge is 0.312 e. The van der Waals surface area contributed by atoms with Crippen molar-refractivity contribution in [1.29, 1.82) is 0 Å². The molecule has 86 valence electrons. The number of nitrogens with one attached hydrogen (secondary N) is 1. The van der Waals surface area contributed by atoms with Gasteiger partial charge in [-0.2, -0.15) is 5.10 Å². The lowest BCUT2D eigenvalue weighted by molar-refractivity contribution is 0.687. The van der Waals surface area contributed by atoms with Crippen molar-refractivity contribution in [3.8, 4) is 0 Å². The second-order valence-corrected chi connectivity index (χ2v) is 6.00. The maximum Gasteiger partial charge on any atom is 0.0701 e. The summed E-state index contributed by atoms with van der Waals surface area (Å²) in [7, 11) is 1.94. The Balaban J connectivity index is 1.69. The molecular weight excluding hydrogens is 286 g/mol. The van der Waals surface area contributed by atoms with Gasteiger partial charge in [-0.25, -0.2) is 0 Å². The SMILES string of the molecule is Cn1cc(CCNCc2csc(Br)c2)cn1. The van der Waals surface area contributed by atoms with Crippen molar-refractivity contribution in [2.45, 2.75) is 13.0 Å². The molecular formula is C11H14BrN3S. The number of hydrogen-bond donors (Lipinski definition) is 1. The highest BCUT2D eigenvalue weighted by Gasteiger charge is 1.98. The molecule has 2 heterocycles. The minimum absolute atomic E-state index is 0.933. The van der Waals surface area contributed by atoms with Gasteiger partial charge >= 0.3 is 0 Å². The van der Waals surface area contributed by atoms with Crippen LogP contribution in [0, 0.1) is 0 Å². The fraction of sp³-hybridized carbons (Fsp3) is 0.364. The summed E-state index contributed by atoms with van der Waals surface area (Å²) in [4.78, 5) is 0. The second kappa shape index (κ2) is 5.61. The fourth-order valence-electron chi connectivity index (χ4n) is 1.50. The molecule has 0 spiro atoms. The molecule has 0 unspecified atom stereocenters. The molecule has 5 heteroatoms. The molecule has 0 radical (unpaired) electrons. The van der Waals surface area contributed by atoms with Crippen LogP contribution in [0.2, 0.25) is 0 Å². The predicted octanol–water partition coefficient (Wildman–Crippen LogP) is 2.58. The van der Waals surface area contributed by atoms with Gasteiger partial charge in [-0.1, -0.05) is 0 Å². The molecule has 0 amide bonds. The maximum atomic E-state index is 4.14. The van der Waals surface area contributed by atoms with Gasteiger partial charge in [0.25, 0.3) is 0 Å². The van der Waals surface area contributed by atoms with Gasteiger partial charge in [0.15, 0.2) is 0 Å². The van der Waals surface area contributed by atoms with Gasteiger partial charge in [0, 0.05) is 19.8 Å². The van der Waals surface area contributed by atoms with Crippen molar-refractivity contribution < 1.29 is 0 Å². The first-order valence-electron chi connectivity index (χ1n) is 5.15. The third-order valence-corrected chi connectivity index (χ3v) is 3.85. The van der Waals surface area contributed by atoms with Crippen LogP contribution in [0.4, 0.5) is 0 Å². The molecule has 0 saturated heterocycles. The zero-order valence-electron chi connectivity index (χ0n) is 9.11. The van der Waals surface area contributed by atoms with Crippen LogP contribution in [-0.4, -0.2) is 16.3 Å². The third kappa shape index (κ3) is 3.43. The van der Waals surface area contributed by atoms with Crippen molar-refractivity contribution in [2.75, 3.05) is 6.54 Å². The number of rotatable bonds is 5. The van der Waals surface area contributed by atoms with Crippen LogP contribution in [-0.2, 0) is 20.0 Å². The van der Waals surface area contributed by atoms with E-state index < -0.39 is 0 Å². The fourth-order valence-corrected chi connectivity index (χ4v) is 2.71. The van der Waals surface area contributed by atoms with Gasteiger partial charge in [0.2, 0.25) is 0 Å². The molecule has 1 N–H and O–H groups in total. The van der Waals surface area contributed by atoms with E-state index in [9.17, 15) is 0 Å². The molecule has 2 rings (SSSR count). The van der Waals surface area contributed by atoms with Gasteiger partial charge in [-0.15, -0.1) is 11.3 Å². The summed E-state index contributed by atoms with van der Waals surface area (Å²) in [6, 6.07) is 2.15. The van der Waals surface area contributed by atoms with E-state index in [1.54, 1.807) is 11.3 Å². The maximum absolute atomic E-state index is 4.14. The monoisotopic (exact) mass is 299 g/mol. The molecule has 0 fully saturated rings. The van der Waals surface area contributed by atoms with Crippen LogP contribution < -0.4 is 5.32 Å². The minimum Gasteiger partial charge on any atom is -0.312 e. The Morgan fingerprint density at radius 1 is 1.50 bits per heavy atom. The highest BCUT2D eigenvalue weighted by Crippen LogP contribution is 2.20. The van der Waals surface area contributed by atoms with E-state index in [2.05, 4.69) is 44.0 Å². The van der Waals surface area contributed by atoms with Crippen LogP contribution in [0.5, 0.6) is 0 Å². The Hall–Kier alpha value is -0.650. The normalized spacial score (nSPS) is 10.9. The lowest BCUT2D eigenvalue weighted by Gasteiger charge is -2.01. The van der Waals surface area contributed by atoms with Gasteiger partial charge < -0.3 is 5.32 Å². The summed E-state index contributed by atoms with van der Waals surface area (Å²) >= 11 is 5.19. The molecule has 0 bridgehead atoms. The first-order chi connectivity index (χ1) is 7.74. The van der Waals surface area contributed by atoms with Crippen molar-refractivity contribution in [2.24, 2.45) is 7.05 Å². The number of hydrogen-bond acceptors (Lipinski definition) is 3. The van der Waals surface area contributed by atoms with Crippen LogP contribution in [0.3, 0.4) is 0 Å². The van der Waals surface area contributed by atoms with Gasteiger partial charge in [0.05, 0.1) is 9.98 Å². The predicted molar refractivity (Wildman–Crippen MR) is 70.6 cm³/mol. The van der Waals surface area contributed by atoms with E-state index in [0.29, 0.717) is 0 Å². The Kier molecular flexibility index (Phi) is 4.15. The highest BCUT2D eigenvalue weighted by molar-refractivity contribution is 9.11. The van der Waals surface area contributed by atoms with E-state index in [1.807, 2.05) is 17.9 Å². The number of aryl methyl sites for hydroxylation is 1. The molecule has 2 aromatic heterocycles. The zero-order chi connectivity index (χ0) is 11.4. The van der Waals surface area contributed by atoms with Crippen molar-refractivity contribution in [1.82, 2.24) is 15.1 Å². The number of halogens is 1. The molecule has 0 saturated carbocycles. The average Bonchev–Trinajstić information content (AvgIpc) is 2.83. The number of aromatic nitrogens is 2. The minimum atomic E-state index is 0.933. The molecule has 16 heavy (non-hydrogen) atoms. The standard InChI is InChI=1S/C11H14BrN3S/c1-15-7-9(6-14-15)2-3-13-5-10-4-11(12)16-8-10/h4,6-8,13H,2-3,5H2,1H3. The van der Waals surface area contributed by atoms with Crippen LogP contribution in [0.25, 0.3) is 0 Å². The van der Waals surface area contributed by atoms with Gasteiger partial charge in [0.1, 0.15) is 0 Å². The van der Waals surface area contributed by atoms with E-state index in [-0.39, 0.29) is 0 Å². The van der Waals surface area contributed by atoms with Crippen LogP contribution in [0.15, 0.2) is 27.6 Å². The Bertz CT molecular complexity index is 407. The first kappa shape index (κ1) is 11.8. The van der Waals surface area contributed by atoms with Gasteiger partial charge in [-0.05, 0) is 51.5 Å². The lowest BCUT2D eigenvalue weighted by Crippen LogP contribution is -2.16. The average molecular weight is 300 g/mol. The summed E-state index contributed by atoms with van der Waals surface area (Å²) in [5, 5.41) is 9.73. The van der Waals surface area contributed by atoms with Crippen LogP contribution >= 0.6 is 27.3 Å². The summed E-state index contributed by atoms with van der Waals surface area (Å²) in [6.07, 6.45) is 5.00. The molecule has 2 aromatic rings. The zero-order valence-corrected chi connectivity index (χ0v) is 11.5. The van der Waals surface area contributed by atoms with Gasteiger partial charge in [-0.3, -0.25) is 4.68 Å². The van der Waals surface area contributed by atoms with Crippen molar-refractivity contribution in [3.05, 3.63) is 38.8 Å². The Morgan fingerprint density at radius 3 is 3.00 bits per heavy atom. The first-order valence-corrected chi connectivity index (χ1v) is 6.82. The van der Waals surface area contributed by atoms with E-state index >= 15 is 0 Å². The summed E-state index contributed by atoms with van der Waals surface area (Å²) in [5.74, 6) is 0. The molecule has 0 aliphatic heterocycles. The quantitative estimate of drug-likeness (QED) is 0.860. The smallest absolute Gasteiger partial charge is 0.0701 e. The van der Waals surface area contributed by atoms with Crippen molar-refractivity contribution >= 4 is 27.3 Å². The highest BCUT2D eigenvalue weighted by atomic mass is 79.9. The molecule has 0 atom stereocenters. The molecule has 0 aromatic carbocycles. The third-order valence-electron chi connectivity index (χ3n) is 2.30. The lowest BCUT2D eigenvalue weighted by atomic mass is 10.2. The van der Waals surface area contributed by atoms with E-state index in [0.717, 1.165) is 19.5 Å².